The highest BCUT2D eigenvalue weighted by atomic mass is 35.5. The van der Waals surface area contributed by atoms with Gasteiger partial charge in [0.2, 0.25) is 0 Å². The Morgan fingerprint density at radius 2 is 1.88 bits per heavy atom. The van der Waals surface area contributed by atoms with Gasteiger partial charge in [0.1, 0.15) is 0 Å². The molecule has 0 saturated carbocycles. The second-order valence-corrected chi connectivity index (χ2v) is 5.86. The molecule has 1 saturated heterocycles. The van der Waals surface area contributed by atoms with Gasteiger partial charge in [-0.05, 0) is 43.6 Å². The van der Waals surface area contributed by atoms with Crippen LogP contribution in [-0.2, 0) is 4.79 Å². The first-order valence-electron chi connectivity index (χ1n) is 8.02. The van der Waals surface area contributed by atoms with E-state index in [0.717, 1.165) is 31.5 Å². The summed E-state index contributed by atoms with van der Waals surface area (Å²) in [5.74, 6) is 1.19. The van der Waals surface area contributed by atoms with Gasteiger partial charge in [-0.25, -0.2) is 5.01 Å². The molecule has 1 aromatic rings. The molecule has 2 aliphatic heterocycles. The molecule has 2 aliphatic rings. The molecule has 0 spiro atoms. The standard InChI is InChI=1S/C17H23N3O3.ClH/c1-22-15-4-3-12(11-16(15)23-2)14-7-10-19-20(17(14)21)13-5-8-18-9-6-13;/h3-4,10-11,13-14,18H,5-9H2,1-2H3;1H. The third-order valence-electron chi connectivity index (χ3n) is 4.54. The minimum absolute atomic E-state index is 0. The molecule has 1 atom stereocenters. The van der Waals surface area contributed by atoms with Crippen LogP contribution in [0, 0.1) is 0 Å². The fraction of sp³-hybridized carbons (Fsp3) is 0.529. The van der Waals surface area contributed by atoms with Gasteiger partial charge in [-0.2, -0.15) is 5.10 Å². The number of carbonyl (C=O) groups is 1. The normalized spacial score (nSPS) is 21.3. The van der Waals surface area contributed by atoms with Crippen LogP contribution in [0.5, 0.6) is 11.5 Å². The van der Waals surface area contributed by atoms with E-state index < -0.39 is 0 Å². The maximum atomic E-state index is 12.9. The number of carbonyl (C=O) groups excluding carboxylic acids is 1. The lowest BCUT2D eigenvalue weighted by Gasteiger charge is -2.35. The van der Waals surface area contributed by atoms with Crippen LogP contribution in [-0.4, -0.2) is 50.5 Å². The predicted molar refractivity (Wildman–Crippen MR) is 95.4 cm³/mol. The smallest absolute Gasteiger partial charge is 0.250 e. The van der Waals surface area contributed by atoms with Crippen LogP contribution in [0.4, 0.5) is 0 Å². The maximum Gasteiger partial charge on any atom is 0.250 e. The summed E-state index contributed by atoms with van der Waals surface area (Å²) in [6, 6.07) is 5.87. The van der Waals surface area contributed by atoms with E-state index in [1.807, 2.05) is 24.4 Å². The molecule has 0 bridgehead atoms. The average molecular weight is 354 g/mol. The van der Waals surface area contributed by atoms with E-state index in [-0.39, 0.29) is 30.3 Å². The van der Waals surface area contributed by atoms with E-state index in [0.29, 0.717) is 17.9 Å². The summed E-state index contributed by atoms with van der Waals surface area (Å²) >= 11 is 0. The summed E-state index contributed by atoms with van der Waals surface area (Å²) in [5, 5.41) is 9.37. The van der Waals surface area contributed by atoms with E-state index in [1.165, 1.54) is 0 Å². The van der Waals surface area contributed by atoms with E-state index in [1.54, 1.807) is 19.2 Å². The SMILES string of the molecule is COc1ccc(C2CC=NN(C3CCNCC3)C2=O)cc1OC.Cl. The first-order valence-corrected chi connectivity index (χ1v) is 8.02. The van der Waals surface area contributed by atoms with E-state index in [4.69, 9.17) is 9.47 Å². The number of ether oxygens (including phenoxy) is 2. The van der Waals surface area contributed by atoms with Crippen LogP contribution in [0.2, 0.25) is 0 Å². The number of methoxy groups -OCH3 is 2. The molecule has 1 aromatic carbocycles. The van der Waals surface area contributed by atoms with Crippen LogP contribution in [0.3, 0.4) is 0 Å². The highest BCUT2D eigenvalue weighted by molar-refractivity contribution is 5.89. The van der Waals surface area contributed by atoms with Gasteiger partial charge < -0.3 is 14.8 Å². The zero-order chi connectivity index (χ0) is 16.2. The van der Waals surface area contributed by atoms with Gasteiger partial charge in [0.05, 0.1) is 26.2 Å². The molecule has 0 radical (unpaired) electrons. The largest absolute Gasteiger partial charge is 0.493 e. The number of piperidine rings is 1. The fourth-order valence-corrected chi connectivity index (χ4v) is 3.23. The molecule has 0 aliphatic carbocycles. The molecule has 1 unspecified atom stereocenters. The average Bonchev–Trinajstić information content (AvgIpc) is 2.62. The van der Waals surface area contributed by atoms with Crippen LogP contribution < -0.4 is 14.8 Å². The lowest BCUT2D eigenvalue weighted by Crippen LogP contribution is -2.46. The van der Waals surface area contributed by atoms with Gasteiger partial charge in [0.15, 0.2) is 11.5 Å². The molecule has 1 fully saturated rings. The van der Waals surface area contributed by atoms with Crippen molar-refractivity contribution in [3.05, 3.63) is 23.8 Å². The first kappa shape index (κ1) is 18.5. The van der Waals surface area contributed by atoms with Crippen molar-refractivity contribution in [3.63, 3.8) is 0 Å². The quantitative estimate of drug-likeness (QED) is 0.901. The number of hydrazone groups is 1. The number of amides is 1. The Hall–Kier alpha value is -1.79. The van der Waals surface area contributed by atoms with Crippen molar-refractivity contribution in [2.75, 3.05) is 27.3 Å². The Bertz CT molecular complexity index is 603. The molecule has 132 valence electrons. The van der Waals surface area contributed by atoms with Gasteiger partial charge in [0, 0.05) is 12.6 Å². The molecule has 24 heavy (non-hydrogen) atoms. The number of rotatable bonds is 4. The molecular weight excluding hydrogens is 330 g/mol. The maximum absolute atomic E-state index is 12.9. The van der Waals surface area contributed by atoms with Crippen molar-refractivity contribution in [1.82, 2.24) is 10.3 Å². The summed E-state index contributed by atoms with van der Waals surface area (Å²) in [4.78, 5) is 12.9. The van der Waals surface area contributed by atoms with Crippen LogP contribution >= 0.6 is 12.4 Å². The first-order chi connectivity index (χ1) is 11.2. The van der Waals surface area contributed by atoms with Crippen molar-refractivity contribution in [2.24, 2.45) is 5.10 Å². The number of halogens is 1. The second-order valence-electron chi connectivity index (χ2n) is 5.86. The van der Waals surface area contributed by atoms with Crippen molar-refractivity contribution < 1.29 is 14.3 Å². The molecule has 3 rings (SSSR count). The summed E-state index contributed by atoms with van der Waals surface area (Å²) in [6.45, 7) is 1.87. The molecule has 1 N–H and O–H groups in total. The highest BCUT2D eigenvalue weighted by Crippen LogP contribution is 2.34. The zero-order valence-electron chi connectivity index (χ0n) is 14.0. The highest BCUT2D eigenvalue weighted by Gasteiger charge is 2.33. The van der Waals surface area contributed by atoms with Gasteiger partial charge in [-0.1, -0.05) is 6.07 Å². The fourth-order valence-electron chi connectivity index (χ4n) is 3.23. The molecule has 7 heteroatoms. The van der Waals surface area contributed by atoms with Crippen molar-refractivity contribution in [1.29, 1.82) is 0 Å². The Balaban J connectivity index is 0.00000208. The van der Waals surface area contributed by atoms with Crippen molar-refractivity contribution in [3.8, 4) is 11.5 Å². The molecule has 2 heterocycles. The monoisotopic (exact) mass is 353 g/mol. The van der Waals surface area contributed by atoms with Crippen LogP contribution in [0.15, 0.2) is 23.3 Å². The third kappa shape index (κ3) is 3.65. The second kappa shape index (κ2) is 8.35. The number of hydrogen-bond donors (Lipinski definition) is 1. The third-order valence-corrected chi connectivity index (χ3v) is 4.54. The topological polar surface area (TPSA) is 63.2 Å². The number of benzene rings is 1. The van der Waals surface area contributed by atoms with Gasteiger partial charge in [0.25, 0.3) is 5.91 Å². The van der Waals surface area contributed by atoms with Gasteiger partial charge in [-0.3, -0.25) is 4.79 Å². The number of hydrogen-bond acceptors (Lipinski definition) is 5. The number of nitrogens with zero attached hydrogens (tertiary/aromatic N) is 2. The lowest BCUT2D eigenvalue weighted by atomic mass is 9.92. The summed E-state index contributed by atoms with van der Waals surface area (Å²) in [5.41, 5.74) is 0.942. The minimum atomic E-state index is -0.206. The summed E-state index contributed by atoms with van der Waals surface area (Å²) in [6.07, 6.45) is 4.37. The van der Waals surface area contributed by atoms with Gasteiger partial charge in [-0.15, -0.1) is 12.4 Å². The lowest BCUT2D eigenvalue weighted by molar-refractivity contribution is -0.136. The Labute approximate surface area is 148 Å². The van der Waals surface area contributed by atoms with Crippen LogP contribution in [0.25, 0.3) is 0 Å². The Kier molecular flexibility index (Phi) is 6.45. The number of nitrogens with one attached hydrogen (secondary N) is 1. The van der Waals surface area contributed by atoms with Gasteiger partial charge >= 0.3 is 0 Å². The van der Waals surface area contributed by atoms with E-state index >= 15 is 0 Å². The van der Waals surface area contributed by atoms with Crippen LogP contribution in [0.1, 0.15) is 30.7 Å². The zero-order valence-corrected chi connectivity index (χ0v) is 14.8. The Morgan fingerprint density at radius 3 is 2.54 bits per heavy atom. The predicted octanol–water partition coefficient (Wildman–Crippen LogP) is 2.18. The minimum Gasteiger partial charge on any atom is -0.493 e. The van der Waals surface area contributed by atoms with E-state index in [9.17, 15) is 4.79 Å². The molecule has 1 amide bonds. The molecule has 0 aromatic heterocycles. The summed E-state index contributed by atoms with van der Waals surface area (Å²) in [7, 11) is 3.21. The van der Waals surface area contributed by atoms with Crippen molar-refractivity contribution >= 4 is 24.5 Å². The van der Waals surface area contributed by atoms with Crippen molar-refractivity contribution in [2.45, 2.75) is 31.2 Å². The summed E-state index contributed by atoms with van der Waals surface area (Å²) < 4.78 is 10.6. The van der Waals surface area contributed by atoms with E-state index in [2.05, 4.69) is 10.4 Å². The molecule has 6 nitrogen and oxygen atoms in total. The Morgan fingerprint density at radius 1 is 1.17 bits per heavy atom. The molecular formula is C17H24ClN3O3.